The summed E-state index contributed by atoms with van der Waals surface area (Å²) in [7, 11) is 1.65. The van der Waals surface area contributed by atoms with Crippen LogP contribution in [-0.2, 0) is 17.8 Å². The van der Waals surface area contributed by atoms with Gasteiger partial charge in [0.1, 0.15) is 12.4 Å². The van der Waals surface area contributed by atoms with E-state index in [1.165, 1.54) is 0 Å². The SMILES string of the molecule is CCC(=CF)COc1cc(C)c(C(=O)Cc2ccc(COC)cc2)cc1Cl. The van der Waals surface area contributed by atoms with Gasteiger partial charge in [-0.2, -0.15) is 0 Å². The van der Waals surface area contributed by atoms with Gasteiger partial charge in [0, 0.05) is 19.1 Å². The molecule has 0 saturated carbocycles. The van der Waals surface area contributed by atoms with Gasteiger partial charge < -0.3 is 9.47 Å². The number of ketones is 1. The average molecular weight is 391 g/mol. The maximum Gasteiger partial charge on any atom is 0.167 e. The third-order valence-corrected chi connectivity index (χ3v) is 4.59. The van der Waals surface area contributed by atoms with Gasteiger partial charge in [-0.05, 0) is 47.7 Å². The van der Waals surface area contributed by atoms with E-state index in [0.717, 1.165) is 16.7 Å². The van der Waals surface area contributed by atoms with E-state index in [2.05, 4.69) is 0 Å². The predicted octanol–water partition coefficient (Wildman–Crippen LogP) is 5.86. The fourth-order valence-electron chi connectivity index (χ4n) is 2.65. The van der Waals surface area contributed by atoms with Crippen LogP contribution in [-0.4, -0.2) is 19.5 Å². The molecule has 144 valence electrons. The van der Waals surface area contributed by atoms with Crippen LogP contribution < -0.4 is 4.74 Å². The second-order valence-electron chi connectivity index (χ2n) is 6.36. The standard InChI is InChI=1S/C22H24ClFO3/c1-4-16(12-24)14-27-22-9-15(2)19(11-20(22)23)21(25)10-17-5-7-18(8-6-17)13-26-3/h5-9,11-12H,4,10,13-14H2,1-3H3. The molecule has 3 nitrogen and oxygen atoms in total. The molecule has 2 aromatic carbocycles. The molecule has 2 aromatic rings. The first-order valence-electron chi connectivity index (χ1n) is 8.79. The van der Waals surface area contributed by atoms with Crippen LogP contribution in [0.25, 0.3) is 0 Å². The van der Waals surface area contributed by atoms with Gasteiger partial charge in [-0.3, -0.25) is 4.79 Å². The molecule has 0 fully saturated rings. The topological polar surface area (TPSA) is 35.5 Å². The summed E-state index contributed by atoms with van der Waals surface area (Å²) in [4.78, 5) is 12.7. The summed E-state index contributed by atoms with van der Waals surface area (Å²) < 4.78 is 23.3. The Morgan fingerprint density at radius 2 is 1.85 bits per heavy atom. The Bertz CT molecular complexity index is 813. The number of ether oxygens (including phenoxy) is 2. The summed E-state index contributed by atoms with van der Waals surface area (Å²) in [5.41, 5.74) is 3.86. The van der Waals surface area contributed by atoms with Crippen molar-refractivity contribution >= 4 is 17.4 Å². The Morgan fingerprint density at radius 3 is 2.44 bits per heavy atom. The van der Waals surface area contributed by atoms with Crippen molar-refractivity contribution in [2.45, 2.75) is 33.3 Å². The number of hydrogen-bond acceptors (Lipinski definition) is 3. The van der Waals surface area contributed by atoms with Crippen molar-refractivity contribution in [2.24, 2.45) is 0 Å². The van der Waals surface area contributed by atoms with Gasteiger partial charge >= 0.3 is 0 Å². The summed E-state index contributed by atoms with van der Waals surface area (Å²) in [5, 5.41) is 0.341. The van der Waals surface area contributed by atoms with Crippen molar-refractivity contribution in [1.82, 2.24) is 0 Å². The Kier molecular flexibility index (Phi) is 8.01. The minimum absolute atomic E-state index is 0.0154. The zero-order chi connectivity index (χ0) is 19.8. The molecule has 0 bridgehead atoms. The summed E-state index contributed by atoms with van der Waals surface area (Å²) in [5.74, 6) is 0.431. The molecular formula is C22H24ClFO3. The van der Waals surface area contributed by atoms with E-state index < -0.39 is 0 Å². The lowest BCUT2D eigenvalue weighted by Gasteiger charge is -2.13. The highest BCUT2D eigenvalue weighted by Gasteiger charge is 2.14. The van der Waals surface area contributed by atoms with E-state index in [1.807, 2.05) is 38.1 Å². The molecule has 0 aliphatic carbocycles. The number of Topliss-reactive ketones (excluding diaryl/α,β-unsaturated/α-hetero) is 1. The highest BCUT2D eigenvalue weighted by molar-refractivity contribution is 6.32. The number of halogens is 2. The lowest BCUT2D eigenvalue weighted by molar-refractivity contribution is 0.0992. The maximum atomic E-state index is 12.7. The molecule has 0 atom stereocenters. The minimum atomic E-state index is -0.0154. The van der Waals surface area contributed by atoms with E-state index in [0.29, 0.717) is 41.3 Å². The number of carbonyl (C=O) groups excluding carboxylic acids is 1. The number of rotatable bonds is 9. The second-order valence-corrected chi connectivity index (χ2v) is 6.76. The Balaban J connectivity index is 2.11. The van der Waals surface area contributed by atoms with Crippen molar-refractivity contribution in [3.05, 3.63) is 75.6 Å². The smallest absolute Gasteiger partial charge is 0.167 e. The van der Waals surface area contributed by atoms with Crippen LogP contribution in [0.4, 0.5) is 4.39 Å². The first kappa shape index (κ1) is 21.1. The van der Waals surface area contributed by atoms with Crippen LogP contribution in [0.3, 0.4) is 0 Å². The third kappa shape index (κ3) is 5.91. The van der Waals surface area contributed by atoms with E-state index >= 15 is 0 Å². The number of benzene rings is 2. The molecule has 5 heteroatoms. The summed E-state index contributed by atoms with van der Waals surface area (Å²) in [6.45, 7) is 4.37. The molecule has 0 radical (unpaired) electrons. The summed E-state index contributed by atoms with van der Waals surface area (Å²) in [6.07, 6.45) is 1.40. The maximum absolute atomic E-state index is 12.7. The quantitative estimate of drug-likeness (QED) is 0.503. The van der Waals surface area contributed by atoms with Crippen molar-refractivity contribution in [1.29, 1.82) is 0 Å². The van der Waals surface area contributed by atoms with Crippen LogP contribution in [0.2, 0.25) is 5.02 Å². The van der Waals surface area contributed by atoms with Crippen molar-refractivity contribution in [3.8, 4) is 5.75 Å². The number of methoxy groups -OCH3 is 1. The highest BCUT2D eigenvalue weighted by atomic mass is 35.5. The van der Waals surface area contributed by atoms with Crippen LogP contribution in [0.15, 0.2) is 48.3 Å². The van der Waals surface area contributed by atoms with Gasteiger partial charge in [0.25, 0.3) is 0 Å². The zero-order valence-electron chi connectivity index (χ0n) is 15.9. The van der Waals surface area contributed by atoms with E-state index in [4.69, 9.17) is 21.1 Å². The van der Waals surface area contributed by atoms with E-state index in [1.54, 1.807) is 19.2 Å². The Hall–Kier alpha value is -2.17. The predicted molar refractivity (Wildman–Crippen MR) is 106 cm³/mol. The molecule has 0 unspecified atom stereocenters. The van der Waals surface area contributed by atoms with Crippen molar-refractivity contribution in [2.75, 3.05) is 13.7 Å². The monoisotopic (exact) mass is 390 g/mol. The molecule has 0 amide bonds. The molecule has 27 heavy (non-hydrogen) atoms. The molecule has 0 aliphatic heterocycles. The van der Waals surface area contributed by atoms with Crippen LogP contribution in [0, 0.1) is 6.92 Å². The molecule has 0 aliphatic rings. The number of carbonyl (C=O) groups is 1. The fourth-order valence-corrected chi connectivity index (χ4v) is 2.87. The van der Waals surface area contributed by atoms with Gasteiger partial charge in [-0.1, -0.05) is 42.8 Å². The van der Waals surface area contributed by atoms with Crippen LogP contribution in [0.5, 0.6) is 5.75 Å². The zero-order valence-corrected chi connectivity index (χ0v) is 16.6. The summed E-state index contributed by atoms with van der Waals surface area (Å²) >= 11 is 6.27. The molecule has 2 rings (SSSR count). The molecule has 0 aromatic heterocycles. The molecular weight excluding hydrogens is 367 g/mol. The molecule has 0 heterocycles. The van der Waals surface area contributed by atoms with Gasteiger partial charge in [-0.15, -0.1) is 0 Å². The lowest BCUT2D eigenvalue weighted by atomic mass is 9.98. The largest absolute Gasteiger partial charge is 0.488 e. The van der Waals surface area contributed by atoms with Crippen molar-refractivity contribution in [3.63, 3.8) is 0 Å². The van der Waals surface area contributed by atoms with Gasteiger partial charge in [0.05, 0.1) is 18.0 Å². The van der Waals surface area contributed by atoms with Crippen molar-refractivity contribution < 1.29 is 18.7 Å². The average Bonchev–Trinajstić information content (AvgIpc) is 2.66. The molecule has 0 spiro atoms. The van der Waals surface area contributed by atoms with Gasteiger partial charge in [0.15, 0.2) is 5.78 Å². The third-order valence-electron chi connectivity index (χ3n) is 4.30. The second kappa shape index (κ2) is 10.2. The number of hydrogen-bond donors (Lipinski definition) is 0. The normalized spacial score (nSPS) is 11.5. The minimum Gasteiger partial charge on any atom is -0.488 e. The molecule has 0 N–H and O–H groups in total. The van der Waals surface area contributed by atoms with Crippen LogP contribution >= 0.6 is 11.6 Å². The highest BCUT2D eigenvalue weighted by Crippen LogP contribution is 2.29. The van der Waals surface area contributed by atoms with Crippen LogP contribution in [0.1, 0.15) is 40.4 Å². The first-order valence-corrected chi connectivity index (χ1v) is 9.17. The first-order chi connectivity index (χ1) is 13.0. The van der Waals surface area contributed by atoms with E-state index in [9.17, 15) is 9.18 Å². The lowest BCUT2D eigenvalue weighted by Crippen LogP contribution is -2.07. The van der Waals surface area contributed by atoms with Gasteiger partial charge in [0.2, 0.25) is 0 Å². The Labute approximate surface area is 164 Å². The fraction of sp³-hybridized carbons (Fsp3) is 0.318. The van der Waals surface area contributed by atoms with Gasteiger partial charge in [-0.25, -0.2) is 4.39 Å². The number of aryl methyl sites for hydroxylation is 1. The Morgan fingerprint density at radius 1 is 1.19 bits per heavy atom. The summed E-state index contributed by atoms with van der Waals surface area (Å²) in [6, 6.07) is 11.1. The van der Waals surface area contributed by atoms with E-state index in [-0.39, 0.29) is 18.8 Å². The molecule has 0 saturated heterocycles.